The van der Waals surface area contributed by atoms with E-state index in [4.69, 9.17) is 0 Å². The van der Waals surface area contributed by atoms with E-state index in [0.29, 0.717) is 12.4 Å². The van der Waals surface area contributed by atoms with Crippen LogP contribution in [0.4, 0.5) is 11.5 Å². The van der Waals surface area contributed by atoms with Crippen molar-refractivity contribution in [3.05, 3.63) is 35.1 Å². The molecule has 0 aliphatic rings. The summed E-state index contributed by atoms with van der Waals surface area (Å²) >= 11 is 0. The van der Waals surface area contributed by atoms with Gasteiger partial charge in [0.25, 0.3) is 5.56 Å². The van der Waals surface area contributed by atoms with Crippen molar-refractivity contribution in [2.24, 2.45) is 7.05 Å². The van der Waals surface area contributed by atoms with Crippen LogP contribution in [0, 0.1) is 0 Å². The van der Waals surface area contributed by atoms with Gasteiger partial charge in [-0.1, -0.05) is 6.92 Å². The van der Waals surface area contributed by atoms with E-state index < -0.39 is 0 Å². The molecule has 0 saturated carbocycles. The fraction of sp³-hybridized carbons (Fsp3) is 0.364. The summed E-state index contributed by atoms with van der Waals surface area (Å²) in [6.45, 7) is 2.73. The number of hydrogen-bond acceptors (Lipinski definition) is 4. The first-order valence-corrected chi connectivity index (χ1v) is 5.52. The fourth-order valence-electron chi connectivity index (χ4n) is 1.57. The third-order valence-electron chi connectivity index (χ3n) is 2.35. The average molecular weight is 233 g/mol. The average Bonchev–Trinajstić information content (AvgIpc) is 2.70. The summed E-state index contributed by atoms with van der Waals surface area (Å²) in [5, 5.41) is 6.98. The summed E-state index contributed by atoms with van der Waals surface area (Å²) in [7, 11) is 1.82. The highest BCUT2D eigenvalue weighted by Crippen LogP contribution is 2.08. The first kappa shape index (κ1) is 11.4. The van der Waals surface area contributed by atoms with Gasteiger partial charge in [-0.15, -0.1) is 0 Å². The Balaban J connectivity index is 2.27. The van der Waals surface area contributed by atoms with Crippen molar-refractivity contribution in [2.75, 3.05) is 5.32 Å². The highest BCUT2D eigenvalue weighted by atomic mass is 16.1. The van der Waals surface area contributed by atoms with E-state index in [1.807, 2.05) is 14.0 Å². The Morgan fingerprint density at radius 3 is 2.94 bits per heavy atom. The molecule has 6 nitrogen and oxygen atoms in total. The molecule has 0 radical (unpaired) electrons. The van der Waals surface area contributed by atoms with Crippen LogP contribution >= 0.6 is 0 Å². The number of aryl methyl sites for hydroxylation is 2. The lowest BCUT2D eigenvalue weighted by molar-refractivity contribution is 0.650. The Morgan fingerprint density at radius 2 is 2.29 bits per heavy atom. The van der Waals surface area contributed by atoms with E-state index in [-0.39, 0.29) is 5.56 Å². The Morgan fingerprint density at radius 1 is 1.47 bits per heavy atom. The Bertz CT molecular complexity index is 557. The van der Waals surface area contributed by atoms with Crippen molar-refractivity contribution in [1.29, 1.82) is 0 Å². The van der Waals surface area contributed by atoms with E-state index in [1.165, 1.54) is 0 Å². The number of anilines is 2. The van der Waals surface area contributed by atoms with Crippen LogP contribution in [0.25, 0.3) is 0 Å². The third-order valence-corrected chi connectivity index (χ3v) is 2.35. The number of hydrogen-bond donors (Lipinski definition) is 1. The second-order valence-electron chi connectivity index (χ2n) is 3.80. The van der Waals surface area contributed by atoms with Gasteiger partial charge in [-0.05, 0) is 6.42 Å². The summed E-state index contributed by atoms with van der Waals surface area (Å²) in [5.41, 5.74) is 0.643. The standard InChI is InChI=1S/C11H15N5O/c1-3-5-16-6-4-12-10(11(16)17)14-9-7-13-15(2)8-9/h4,6-8H,3,5H2,1-2H3,(H,12,14). The maximum absolute atomic E-state index is 12.0. The summed E-state index contributed by atoms with van der Waals surface area (Å²) < 4.78 is 3.31. The SMILES string of the molecule is CCCn1ccnc(Nc2cnn(C)c2)c1=O. The molecule has 0 aliphatic heterocycles. The highest BCUT2D eigenvalue weighted by Gasteiger charge is 2.05. The number of nitrogens with one attached hydrogen (secondary N) is 1. The maximum atomic E-state index is 12.0. The molecule has 17 heavy (non-hydrogen) atoms. The molecule has 0 saturated heterocycles. The molecule has 0 aromatic carbocycles. The summed E-state index contributed by atoms with van der Waals surface area (Å²) in [5.74, 6) is 0.328. The van der Waals surface area contributed by atoms with Crippen molar-refractivity contribution in [1.82, 2.24) is 19.3 Å². The Labute approximate surface area is 98.9 Å². The van der Waals surface area contributed by atoms with E-state index in [2.05, 4.69) is 15.4 Å². The van der Waals surface area contributed by atoms with Gasteiger partial charge in [0, 0.05) is 32.2 Å². The van der Waals surface area contributed by atoms with E-state index >= 15 is 0 Å². The molecule has 0 aliphatic carbocycles. The molecule has 0 bridgehead atoms. The smallest absolute Gasteiger partial charge is 0.293 e. The Hall–Kier alpha value is -2.11. The molecule has 0 unspecified atom stereocenters. The molecular weight excluding hydrogens is 218 g/mol. The molecule has 0 atom stereocenters. The maximum Gasteiger partial charge on any atom is 0.293 e. The van der Waals surface area contributed by atoms with E-state index in [9.17, 15) is 4.79 Å². The van der Waals surface area contributed by atoms with Gasteiger partial charge in [-0.2, -0.15) is 5.10 Å². The highest BCUT2D eigenvalue weighted by molar-refractivity contribution is 5.52. The van der Waals surface area contributed by atoms with Crippen LogP contribution in [0.15, 0.2) is 29.6 Å². The fourth-order valence-corrected chi connectivity index (χ4v) is 1.57. The van der Waals surface area contributed by atoms with Crippen LogP contribution in [0.2, 0.25) is 0 Å². The largest absolute Gasteiger partial charge is 0.333 e. The van der Waals surface area contributed by atoms with Crippen LogP contribution in [0.1, 0.15) is 13.3 Å². The topological polar surface area (TPSA) is 64.7 Å². The lowest BCUT2D eigenvalue weighted by atomic mass is 10.4. The molecule has 6 heteroatoms. The predicted octanol–water partition coefficient (Wildman–Crippen LogP) is 1.13. The summed E-state index contributed by atoms with van der Waals surface area (Å²) in [4.78, 5) is 16.0. The summed E-state index contributed by atoms with van der Waals surface area (Å²) in [6.07, 6.45) is 7.67. The van der Waals surface area contributed by atoms with Crippen molar-refractivity contribution in [3.63, 3.8) is 0 Å². The lowest BCUT2D eigenvalue weighted by Gasteiger charge is -2.06. The quantitative estimate of drug-likeness (QED) is 0.859. The lowest BCUT2D eigenvalue weighted by Crippen LogP contribution is -2.22. The van der Waals surface area contributed by atoms with Gasteiger partial charge < -0.3 is 9.88 Å². The normalized spacial score (nSPS) is 10.5. The van der Waals surface area contributed by atoms with E-state index in [1.54, 1.807) is 34.0 Å². The molecule has 1 N–H and O–H groups in total. The number of rotatable bonds is 4. The molecule has 2 rings (SSSR count). The molecular formula is C11H15N5O. The predicted molar refractivity (Wildman–Crippen MR) is 65.3 cm³/mol. The zero-order valence-corrected chi connectivity index (χ0v) is 9.92. The van der Waals surface area contributed by atoms with Crippen LogP contribution in [0.5, 0.6) is 0 Å². The van der Waals surface area contributed by atoms with Gasteiger partial charge in [-0.25, -0.2) is 4.98 Å². The first-order chi connectivity index (χ1) is 8.20. The number of aromatic nitrogens is 4. The zero-order valence-electron chi connectivity index (χ0n) is 9.92. The molecule has 90 valence electrons. The van der Waals surface area contributed by atoms with Crippen molar-refractivity contribution >= 4 is 11.5 Å². The van der Waals surface area contributed by atoms with Crippen LogP contribution in [-0.4, -0.2) is 19.3 Å². The second-order valence-corrected chi connectivity index (χ2v) is 3.80. The minimum absolute atomic E-state index is 0.113. The van der Waals surface area contributed by atoms with Crippen LogP contribution < -0.4 is 10.9 Å². The zero-order chi connectivity index (χ0) is 12.3. The van der Waals surface area contributed by atoms with Crippen molar-refractivity contribution < 1.29 is 0 Å². The molecule has 2 heterocycles. The first-order valence-electron chi connectivity index (χ1n) is 5.52. The minimum Gasteiger partial charge on any atom is -0.333 e. The van der Waals surface area contributed by atoms with Gasteiger partial charge in [0.05, 0.1) is 11.9 Å². The van der Waals surface area contributed by atoms with Crippen LogP contribution in [-0.2, 0) is 13.6 Å². The molecule has 0 amide bonds. The second kappa shape index (κ2) is 4.82. The minimum atomic E-state index is -0.113. The van der Waals surface area contributed by atoms with Crippen molar-refractivity contribution in [2.45, 2.75) is 19.9 Å². The van der Waals surface area contributed by atoms with Gasteiger partial charge in [0.15, 0.2) is 5.82 Å². The third kappa shape index (κ3) is 2.52. The van der Waals surface area contributed by atoms with E-state index in [0.717, 1.165) is 12.1 Å². The van der Waals surface area contributed by atoms with Crippen LogP contribution in [0.3, 0.4) is 0 Å². The molecule has 0 spiro atoms. The van der Waals surface area contributed by atoms with Gasteiger partial charge in [0.2, 0.25) is 0 Å². The van der Waals surface area contributed by atoms with Crippen molar-refractivity contribution in [3.8, 4) is 0 Å². The van der Waals surface area contributed by atoms with Gasteiger partial charge in [-0.3, -0.25) is 9.48 Å². The molecule has 0 fully saturated rings. The molecule has 2 aromatic heterocycles. The Kier molecular flexibility index (Phi) is 3.22. The number of nitrogens with zero attached hydrogens (tertiary/aromatic N) is 4. The monoisotopic (exact) mass is 233 g/mol. The van der Waals surface area contributed by atoms with Gasteiger partial charge in [0.1, 0.15) is 0 Å². The molecule has 2 aromatic rings. The van der Waals surface area contributed by atoms with Gasteiger partial charge >= 0.3 is 0 Å². The summed E-state index contributed by atoms with van der Waals surface area (Å²) in [6, 6.07) is 0.